The predicted octanol–water partition coefficient (Wildman–Crippen LogP) is 15.8. The SMILES string of the molecule is CCCCCCC/C=C\C/C=C\C/C=C\CCCCCCCCCCCCCCCCCCCCCCCCC(=O)NC(COC1OC(CO)C(OC2OC(CO)C(OC3OC(CO)C(O)C(O)C3O)C(O)C2O)C(O)C1O)C(O)/C=C/CC/C=C/CCCCCCCCCCCCCCCCCCCC. The smallest absolute Gasteiger partial charge is 0.220 e. The Morgan fingerprint density at radius 2 is 0.632 bits per heavy atom. The third-order valence-corrected chi connectivity index (χ3v) is 21.5. The Balaban J connectivity index is 1.33. The van der Waals surface area contributed by atoms with E-state index in [1.807, 2.05) is 6.08 Å². The van der Waals surface area contributed by atoms with E-state index in [1.165, 1.54) is 270 Å². The van der Waals surface area contributed by atoms with Crippen molar-refractivity contribution in [1.82, 2.24) is 5.32 Å². The number of ether oxygens (including phenoxy) is 6. The van der Waals surface area contributed by atoms with Gasteiger partial charge in [0.2, 0.25) is 5.91 Å². The molecule has 3 rings (SSSR count). The van der Waals surface area contributed by atoms with Crippen LogP contribution in [0.15, 0.2) is 60.8 Å². The summed E-state index contributed by atoms with van der Waals surface area (Å²) in [5.74, 6) is -0.279. The number of hydrogen-bond acceptors (Lipinski definition) is 18. The lowest BCUT2D eigenvalue weighted by atomic mass is 9.96. The van der Waals surface area contributed by atoms with Gasteiger partial charge in [0.25, 0.3) is 0 Å². The van der Waals surface area contributed by atoms with Gasteiger partial charge < -0.3 is 89.9 Å². The molecule has 3 heterocycles. The molecule has 0 aromatic rings. The normalized spacial score (nSPS) is 25.9. The van der Waals surface area contributed by atoms with Crippen LogP contribution >= 0.6 is 0 Å². The second kappa shape index (κ2) is 67.0. The van der Waals surface area contributed by atoms with Gasteiger partial charge in [0, 0.05) is 6.42 Å². The minimum absolute atomic E-state index is 0.238. The van der Waals surface area contributed by atoms with Crippen molar-refractivity contribution in [1.29, 1.82) is 0 Å². The van der Waals surface area contributed by atoms with Gasteiger partial charge in [-0.05, 0) is 70.6 Å². The van der Waals surface area contributed by atoms with Crippen molar-refractivity contribution in [2.24, 2.45) is 0 Å². The Hall–Kier alpha value is -2.51. The van der Waals surface area contributed by atoms with Crippen molar-refractivity contribution in [2.75, 3.05) is 26.4 Å². The maximum atomic E-state index is 13.5. The van der Waals surface area contributed by atoms with Crippen LogP contribution < -0.4 is 5.32 Å². The number of allylic oxidation sites excluding steroid dienone is 9. The molecule has 0 bridgehead atoms. The average molecular weight is 1510 g/mol. The Bertz CT molecular complexity index is 2150. The van der Waals surface area contributed by atoms with Gasteiger partial charge in [-0.15, -0.1) is 0 Å². The summed E-state index contributed by atoms with van der Waals surface area (Å²) >= 11 is 0. The highest BCUT2D eigenvalue weighted by Gasteiger charge is 2.54. The van der Waals surface area contributed by atoms with Gasteiger partial charge in [0.1, 0.15) is 73.2 Å². The fourth-order valence-electron chi connectivity index (χ4n) is 14.6. The number of rotatable bonds is 70. The number of aliphatic hydroxyl groups excluding tert-OH is 11. The van der Waals surface area contributed by atoms with Crippen LogP contribution in [0, 0.1) is 0 Å². The predicted molar refractivity (Wildman–Crippen MR) is 425 cm³/mol. The van der Waals surface area contributed by atoms with Gasteiger partial charge in [-0.2, -0.15) is 0 Å². The summed E-state index contributed by atoms with van der Waals surface area (Å²) < 4.78 is 34.5. The van der Waals surface area contributed by atoms with Crippen molar-refractivity contribution in [3.8, 4) is 0 Å². The zero-order valence-electron chi connectivity index (χ0n) is 66.7. The summed E-state index contributed by atoms with van der Waals surface area (Å²) in [7, 11) is 0. The lowest BCUT2D eigenvalue weighted by molar-refractivity contribution is -0.379. The molecule has 0 aliphatic carbocycles. The maximum absolute atomic E-state index is 13.5. The van der Waals surface area contributed by atoms with Gasteiger partial charge >= 0.3 is 0 Å². The molecule has 17 unspecified atom stereocenters. The third kappa shape index (κ3) is 45.9. The van der Waals surface area contributed by atoms with E-state index in [4.69, 9.17) is 28.4 Å². The molecular formula is C87H159NO18. The fraction of sp³-hybridized carbons (Fsp3) is 0.874. The molecule has 0 aromatic heterocycles. The standard InChI is InChI=1S/C87H159NO18/c1-3-5-7-9-11-13-15-17-19-21-23-25-27-29-30-31-32-33-34-35-36-37-38-39-40-41-43-45-47-49-51-53-55-57-59-61-63-65-75(93)88-70(71(92)64-62-60-58-56-54-52-50-48-46-44-42-28-26-24-22-20-18-16-14-12-10-8-6-4-2)69-101-85-81(99)78(96)83(73(67-90)103-85)106-87-82(100)79(97)84(74(68-91)104-87)105-86-80(98)77(95)76(94)72(66-89)102-86/h15,17,21,23,27,29,54,56,62,64,70-74,76-87,89-92,94-100H,3-14,16,18-20,22,24-26,28,30-53,55,57-61,63,65-69H2,1-2H3,(H,88,93)/b17-15-,23-21-,29-27-,56-54+,64-62+. The molecule has 17 atom stereocenters. The minimum atomic E-state index is -1.98. The summed E-state index contributed by atoms with van der Waals surface area (Å²) in [5.41, 5.74) is 0. The Morgan fingerprint density at radius 1 is 0.340 bits per heavy atom. The lowest BCUT2D eigenvalue weighted by Crippen LogP contribution is -2.66. The van der Waals surface area contributed by atoms with Crippen molar-refractivity contribution in [2.45, 2.75) is 458 Å². The average Bonchev–Trinajstić information content (AvgIpc) is 0.780. The van der Waals surface area contributed by atoms with E-state index >= 15 is 0 Å². The Labute approximate surface area is 643 Å². The molecule has 0 saturated carbocycles. The summed E-state index contributed by atoms with van der Waals surface area (Å²) in [4.78, 5) is 13.5. The number of unbranched alkanes of at least 4 members (excludes halogenated alkanes) is 46. The second-order valence-electron chi connectivity index (χ2n) is 31.0. The number of amides is 1. The molecule has 106 heavy (non-hydrogen) atoms. The zero-order valence-corrected chi connectivity index (χ0v) is 66.7. The lowest BCUT2D eigenvalue weighted by Gasteiger charge is -2.48. The largest absolute Gasteiger partial charge is 0.394 e. The first-order valence-corrected chi connectivity index (χ1v) is 43.5. The molecule has 620 valence electrons. The number of aliphatic hydroxyl groups is 11. The summed E-state index contributed by atoms with van der Waals surface area (Å²) in [6, 6.07) is -0.992. The van der Waals surface area contributed by atoms with Crippen LogP contribution in [-0.2, 0) is 33.2 Å². The van der Waals surface area contributed by atoms with Crippen molar-refractivity contribution >= 4 is 5.91 Å². The molecule has 3 fully saturated rings. The van der Waals surface area contributed by atoms with Crippen LogP contribution in [0.4, 0.5) is 0 Å². The molecule has 19 nitrogen and oxygen atoms in total. The van der Waals surface area contributed by atoms with Crippen LogP contribution in [-0.4, -0.2) is 193 Å². The van der Waals surface area contributed by atoms with Crippen molar-refractivity contribution in [3.63, 3.8) is 0 Å². The third-order valence-electron chi connectivity index (χ3n) is 21.5. The summed E-state index contributed by atoms with van der Waals surface area (Å²) in [6.45, 7) is 1.76. The maximum Gasteiger partial charge on any atom is 0.220 e. The first kappa shape index (κ1) is 97.7. The molecule has 0 spiro atoms. The van der Waals surface area contributed by atoms with E-state index in [0.29, 0.717) is 12.8 Å². The first-order valence-electron chi connectivity index (χ1n) is 43.5. The highest BCUT2D eigenvalue weighted by atomic mass is 16.8. The molecule has 0 aromatic carbocycles. The van der Waals surface area contributed by atoms with E-state index < -0.39 is 124 Å². The van der Waals surface area contributed by atoms with Crippen LogP contribution in [0.2, 0.25) is 0 Å². The van der Waals surface area contributed by atoms with E-state index in [0.717, 1.165) is 51.4 Å². The number of carbonyl (C=O) groups is 1. The van der Waals surface area contributed by atoms with Crippen LogP contribution in [0.1, 0.15) is 354 Å². The molecule has 3 saturated heterocycles. The number of nitrogens with one attached hydrogen (secondary N) is 1. The Kier molecular flexibility index (Phi) is 61.8. The highest BCUT2D eigenvalue weighted by molar-refractivity contribution is 5.76. The van der Waals surface area contributed by atoms with Gasteiger partial charge in [0.05, 0.1) is 38.6 Å². The van der Waals surface area contributed by atoms with Gasteiger partial charge in [0.15, 0.2) is 18.9 Å². The molecule has 12 N–H and O–H groups in total. The highest BCUT2D eigenvalue weighted by Crippen LogP contribution is 2.33. The molecule has 3 aliphatic rings. The summed E-state index contributed by atoms with van der Waals surface area (Å²) in [5, 5.41) is 121. The first-order chi connectivity index (χ1) is 51.8. The molecule has 1 amide bonds. The number of hydrogen-bond donors (Lipinski definition) is 12. The van der Waals surface area contributed by atoms with Crippen molar-refractivity contribution < 1.29 is 89.4 Å². The molecule has 0 radical (unpaired) electrons. The fourth-order valence-corrected chi connectivity index (χ4v) is 14.6. The van der Waals surface area contributed by atoms with Gasteiger partial charge in [-0.3, -0.25) is 4.79 Å². The quantitative estimate of drug-likeness (QED) is 0.0199. The second-order valence-corrected chi connectivity index (χ2v) is 31.0. The molecular weight excluding hydrogens is 1350 g/mol. The minimum Gasteiger partial charge on any atom is -0.394 e. The van der Waals surface area contributed by atoms with Crippen LogP contribution in [0.5, 0.6) is 0 Å². The molecule has 19 heteroatoms. The van der Waals surface area contributed by atoms with Gasteiger partial charge in [-0.1, -0.05) is 338 Å². The van der Waals surface area contributed by atoms with E-state index in [2.05, 4.69) is 67.8 Å². The van der Waals surface area contributed by atoms with Crippen LogP contribution in [0.3, 0.4) is 0 Å². The number of carbonyl (C=O) groups excluding carboxylic acids is 1. The van der Waals surface area contributed by atoms with Crippen molar-refractivity contribution in [3.05, 3.63) is 60.8 Å². The van der Waals surface area contributed by atoms with Crippen LogP contribution in [0.25, 0.3) is 0 Å². The van der Waals surface area contributed by atoms with Gasteiger partial charge in [-0.25, -0.2) is 0 Å². The van der Waals surface area contributed by atoms with E-state index in [9.17, 15) is 61.0 Å². The van der Waals surface area contributed by atoms with E-state index in [1.54, 1.807) is 6.08 Å². The Morgan fingerprint density at radius 3 is 1.01 bits per heavy atom. The summed E-state index contributed by atoms with van der Waals surface area (Å²) in [6.07, 6.45) is 60.9. The monoisotopic (exact) mass is 1510 g/mol. The molecule has 3 aliphatic heterocycles. The zero-order chi connectivity index (χ0) is 76.7. The van der Waals surface area contributed by atoms with E-state index in [-0.39, 0.29) is 18.9 Å². The topological polar surface area (TPSA) is 307 Å².